The van der Waals surface area contributed by atoms with Gasteiger partial charge < -0.3 is 14.8 Å². The maximum Gasteiger partial charge on any atom is 0.135 e. The van der Waals surface area contributed by atoms with Crippen molar-refractivity contribution in [2.24, 2.45) is 0 Å². The molecule has 108 valence electrons. The first-order valence-corrected chi connectivity index (χ1v) is 8.07. The molecule has 0 heterocycles. The Kier molecular flexibility index (Phi) is 7.80. The zero-order chi connectivity index (χ0) is 14.3. The highest BCUT2D eigenvalue weighted by molar-refractivity contribution is 9.11. The molecule has 0 spiro atoms. The molecule has 0 aliphatic rings. The van der Waals surface area contributed by atoms with E-state index in [1.807, 2.05) is 12.1 Å². The Morgan fingerprint density at radius 1 is 1.21 bits per heavy atom. The molecule has 1 N–H and O–H groups in total. The highest BCUT2D eigenvalue weighted by atomic mass is 79.9. The lowest BCUT2D eigenvalue weighted by Crippen LogP contribution is -2.18. The topological polar surface area (TPSA) is 30.5 Å². The minimum atomic E-state index is 0.190. The van der Waals surface area contributed by atoms with Crippen molar-refractivity contribution in [1.29, 1.82) is 0 Å². The van der Waals surface area contributed by atoms with E-state index in [1.54, 1.807) is 7.11 Å². The van der Waals surface area contributed by atoms with Gasteiger partial charge in [0.1, 0.15) is 11.5 Å². The minimum absolute atomic E-state index is 0.190. The largest absolute Gasteiger partial charge is 0.496 e. The summed E-state index contributed by atoms with van der Waals surface area (Å²) in [5, 5.41) is 3.31. The number of ether oxygens (including phenoxy) is 2. The third-order valence-electron chi connectivity index (χ3n) is 2.75. The molecule has 0 aliphatic carbocycles. The summed E-state index contributed by atoms with van der Waals surface area (Å²) in [6.07, 6.45) is 2.34. The molecule has 19 heavy (non-hydrogen) atoms. The van der Waals surface area contributed by atoms with E-state index < -0.39 is 0 Å². The van der Waals surface area contributed by atoms with E-state index in [0.29, 0.717) is 0 Å². The number of halogens is 2. The van der Waals surface area contributed by atoms with Crippen molar-refractivity contribution < 1.29 is 9.47 Å². The maximum absolute atomic E-state index is 5.95. The number of hydrogen-bond donors (Lipinski definition) is 1. The van der Waals surface area contributed by atoms with Crippen molar-refractivity contribution in [1.82, 2.24) is 5.32 Å². The molecule has 0 saturated heterocycles. The first-order valence-electron chi connectivity index (χ1n) is 6.48. The Balaban J connectivity index is 2.54. The minimum Gasteiger partial charge on any atom is -0.496 e. The molecule has 0 radical (unpaired) electrons. The van der Waals surface area contributed by atoms with Crippen molar-refractivity contribution >= 4 is 31.9 Å². The van der Waals surface area contributed by atoms with Crippen molar-refractivity contribution in [3.8, 4) is 11.5 Å². The molecule has 5 heteroatoms. The Hall–Kier alpha value is -0.260. The lowest BCUT2D eigenvalue weighted by atomic mass is 10.2. The van der Waals surface area contributed by atoms with Gasteiger partial charge in [-0.1, -0.05) is 6.92 Å². The summed E-state index contributed by atoms with van der Waals surface area (Å²) in [5.41, 5.74) is 0. The van der Waals surface area contributed by atoms with Crippen LogP contribution in [-0.2, 0) is 0 Å². The van der Waals surface area contributed by atoms with Crippen LogP contribution in [0.5, 0.6) is 11.5 Å². The fraction of sp³-hybridized carbons (Fsp3) is 0.571. The van der Waals surface area contributed by atoms with Crippen molar-refractivity contribution in [3.63, 3.8) is 0 Å². The molecule has 1 rings (SSSR count). The van der Waals surface area contributed by atoms with Gasteiger partial charge in [0.2, 0.25) is 0 Å². The molecule has 0 saturated carbocycles. The van der Waals surface area contributed by atoms with Crippen LogP contribution >= 0.6 is 31.9 Å². The smallest absolute Gasteiger partial charge is 0.135 e. The zero-order valence-electron chi connectivity index (χ0n) is 11.6. The lowest BCUT2D eigenvalue weighted by molar-refractivity contribution is 0.206. The highest BCUT2D eigenvalue weighted by Crippen LogP contribution is 2.36. The molecular formula is C14H21Br2NO2. The average Bonchev–Trinajstić information content (AvgIpc) is 2.38. The first-order chi connectivity index (χ1) is 9.08. The van der Waals surface area contributed by atoms with E-state index in [4.69, 9.17) is 9.47 Å². The fourth-order valence-electron chi connectivity index (χ4n) is 1.72. The zero-order valence-corrected chi connectivity index (χ0v) is 14.8. The van der Waals surface area contributed by atoms with Gasteiger partial charge in [-0.25, -0.2) is 0 Å². The van der Waals surface area contributed by atoms with Gasteiger partial charge in [-0.05, 0) is 76.8 Å². The molecule has 0 aromatic heterocycles. The van der Waals surface area contributed by atoms with E-state index in [-0.39, 0.29) is 6.10 Å². The van der Waals surface area contributed by atoms with Crippen LogP contribution in [0.2, 0.25) is 0 Å². The van der Waals surface area contributed by atoms with Gasteiger partial charge in [-0.2, -0.15) is 0 Å². The van der Waals surface area contributed by atoms with Gasteiger partial charge in [0, 0.05) is 0 Å². The van der Waals surface area contributed by atoms with E-state index in [9.17, 15) is 0 Å². The molecule has 0 aliphatic heterocycles. The van der Waals surface area contributed by atoms with Crippen LogP contribution in [0.25, 0.3) is 0 Å². The Morgan fingerprint density at radius 2 is 1.84 bits per heavy atom. The monoisotopic (exact) mass is 393 g/mol. The second-order valence-electron chi connectivity index (χ2n) is 4.34. The molecule has 1 atom stereocenters. The summed E-state index contributed by atoms with van der Waals surface area (Å²) < 4.78 is 13.0. The number of nitrogens with one attached hydrogen (secondary N) is 1. The summed E-state index contributed by atoms with van der Waals surface area (Å²) in [6, 6.07) is 3.84. The second kappa shape index (κ2) is 8.82. The molecule has 0 bridgehead atoms. The van der Waals surface area contributed by atoms with E-state index in [1.165, 1.54) is 0 Å². The molecular weight excluding hydrogens is 374 g/mol. The summed E-state index contributed by atoms with van der Waals surface area (Å²) in [6.45, 7) is 6.27. The van der Waals surface area contributed by atoms with Gasteiger partial charge in [-0.3, -0.25) is 0 Å². The normalized spacial score (nSPS) is 12.3. The van der Waals surface area contributed by atoms with Crippen molar-refractivity contribution in [2.45, 2.75) is 32.8 Å². The summed E-state index contributed by atoms with van der Waals surface area (Å²) in [4.78, 5) is 0. The SMILES string of the molecule is CCNCCCC(C)Oc1cc(Br)c(OC)cc1Br. The van der Waals surface area contributed by atoms with E-state index in [0.717, 1.165) is 46.4 Å². The third kappa shape index (κ3) is 5.71. The molecule has 1 aromatic rings. The molecule has 1 aromatic carbocycles. The van der Waals surface area contributed by atoms with Crippen LogP contribution in [0.4, 0.5) is 0 Å². The van der Waals surface area contributed by atoms with Crippen LogP contribution in [0.1, 0.15) is 26.7 Å². The van der Waals surface area contributed by atoms with Crippen LogP contribution in [0.3, 0.4) is 0 Å². The summed E-state index contributed by atoms with van der Waals surface area (Å²) >= 11 is 6.97. The van der Waals surface area contributed by atoms with E-state index >= 15 is 0 Å². The Bertz CT molecular complexity index is 399. The number of hydrogen-bond acceptors (Lipinski definition) is 3. The first kappa shape index (κ1) is 16.8. The molecule has 0 fully saturated rings. The van der Waals surface area contributed by atoms with Gasteiger partial charge in [0.15, 0.2) is 0 Å². The number of benzene rings is 1. The maximum atomic E-state index is 5.95. The van der Waals surface area contributed by atoms with Gasteiger partial charge >= 0.3 is 0 Å². The molecule has 3 nitrogen and oxygen atoms in total. The molecule has 0 amide bonds. The van der Waals surface area contributed by atoms with E-state index in [2.05, 4.69) is 51.0 Å². The second-order valence-corrected chi connectivity index (χ2v) is 6.05. The van der Waals surface area contributed by atoms with Gasteiger partial charge in [-0.15, -0.1) is 0 Å². The third-order valence-corrected chi connectivity index (χ3v) is 3.99. The quantitative estimate of drug-likeness (QED) is 0.663. The summed E-state index contributed by atoms with van der Waals surface area (Å²) in [7, 11) is 1.65. The Labute approximate surface area is 132 Å². The average molecular weight is 395 g/mol. The number of rotatable bonds is 8. The van der Waals surface area contributed by atoms with Gasteiger partial charge in [0.05, 0.1) is 22.2 Å². The van der Waals surface area contributed by atoms with Crippen LogP contribution < -0.4 is 14.8 Å². The lowest BCUT2D eigenvalue weighted by Gasteiger charge is -2.17. The Morgan fingerprint density at radius 3 is 2.47 bits per heavy atom. The highest BCUT2D eigenvalue weighted by Gasteiger charge is 2.11. The standard InChI is InChI=1S/C14H21Br2NO2/c1-4-17-7-5-6-10(2)19-14-9-11(15)13(18-3)8-12(14)16/h8-10,17H,4-7H2,1-3H3. The predicted molar refractivity (Wildman–Crippen MR) is 86.3 cm³/mol. The number of methoxy groups -OCH3 is 1. The predicted octanol–water partition coefficient (Wildman–Crippen LogP) is 4.38. The van der Waals surface area contributed by atoms with Crippen molar-refractivity contribution in [3.05, 3.63) is 21.1 Å². The van der Waals surface area contributed by atoms with Crippen molar-refractivity contribution in [2.75, 3.05) is 20.2 Å². The van der Waals surface area contributed by atoms with Gasteiger partial charge in [0.25, 0.3) is 0 Å². The van der Waals surface area contributed by atoms with Crippen LogP contribution in [-0.4, -0.2) is 26.3 Å². The van der Waals surface area contributed by atoms with Crippen LogP contribution in [0, 0.1) is 0 Å². The fourth-order valence-corrected chi connectivity index (χ4v) is 2.62. The summed E-state index contributed by atoms with van der Waals surface area (Å²) in [5.74, 6) is 1.63. The van der Waals surface area contributed by atoms with Crippen LogP contribution in [0.15, 0.2) is 21.1 Å². The molecule has 1 unspecified atom stereocenters.